The molecule has 1 aliphatic rings. The number of nitrogens with one attached hydrogen (secondary N) is 3. The number of sulfonamides is 1. The van der Waals surface area contributed by atoms with Gasteiger partial charge in [0, 0.05) is 11.1 Å². The number of hydrogen-bond donors (Lipinski definition) is 3. The van der Waals surface area contributed by atoms with Gasteiger partial charge in [0.1, 0.15) is 12.1 Å². The Balaban J connectivity index is 1.45. The predicted octanol–water partition coefficient (Wildman–Crippen LogP) is 4.49. The molecule has 5 rings (SSSR count). The van der Waals surface area contributed by atoms with E-state index in [1.807, 2.05) is 20.8 Å². The second-order valence-corrected chi connectivity index (χ2v) is 11.8. The maximum atomic E-state index is 13.7. The highest BCUT2D eigenvalue weighted by molar-refractivity contribution is 7.90. The fraction of sp³-hybridized carbons (Fsp3) is 0.267. The Labute approximate surface area is 248 Å². The van der Waals surface area contributed by atoms with E-state index in [-0.39, 0.29) is 23.6 Å². The first-order valence-corrected chi connectivity index (χ1v) is 15.2. The molecule has 0 saturated carbocycles. The molecular formula is C30H31N5O7S. The fourth-order valence-electron chi connectivity index (χ4n) is 4.50. The van der Waals surface area contributed by atoms with Gasteiger partial charge < -0.3 is 14.2 Å². The number of fused-ring (bicyclic) bond motifs is 1. The average Bonchev–Trinajstić information content (AvgIpc) is 3.68. The second kappa shape index (κ2) is 12.5. The second-order valence-electron chi connectivity index (χ2n) is 10.2. The smallest absolute Gasteiger partial charge is 0.279 e. The van der Waals surface area contributed by atoms with Crippen molar-refractivity contribution in [1.82, 2.24) is 19.9 Å². The highest BCUT2D eigenvalue weighted by atomic mass is 32.2. The number of nitrogens with zero attached hydrogens (tertiary/aromatic N) is 2. The molecule has 3 N–H and O–H groups in total. The van der Waals surface area contributed by atoms with Crippen molar-refractivity contribution in [3.63, 3.8) is 0 Å². The van der Waals surface area contributed by atoms with Crippen LogP contribution in [0, 0.1) is 0 Å². The van der Waals surface area contributed by atoms with Gasteiger partial charge in [-0.2, -0.15) is 10.1 Å². The Morgan fingerprint density at radius 1 is 1.00 bits per heavy atom. The standard InChI is InChI=1S/C30H31N5O7S/c1-4-5-20-14-22(28(36)33-30-31-16-32-34-30)9-12-24(20)42-27(21-8-13-25-26(15-21)41-17-40-25)29(37)35-43(38,39)23-10-6-19(7-11-23)18(2)3/h6-16,18,27H,4-5,17H2,1-3H3,(H,35,37)(H2,31,32,33,34,36). The summed E-state index contributed by atoms with van der Waals surface area (Å²) in [4.78, 5) is 30.3. The average molecular weight is 606 g/mol. The van der Waals surface area contributed by atoms with Crippen LogP contribution in [0.5, 0.6) is 17.2 Å². The number of benzene rings is 3. The van der Waals surface area contributed by atoms with Gasteiger partial charge in [0.2, 0.25) is 18.8 Å². The van der Waals surface area contributed by atoms with E-state index in [2.05, 4.69) is 25.2 Å². The number of aromatic amines is 1. The molecule has 3 aromatic carbocycles. The van der Waals surface area contributed by atoms with Crippen LogP contribution in [0.15, 0.2) is 71.9 Å². The number of rotatable bonds is 11. The third-order valence-corrected chi connectivity index (χ3v) is 8.13. The number of ether oxygens (including phenoxy) is 3. The van der Waals surface area contributed by atoms with Gasteiger partial charge in [-0.05, 0) is 65.9 Å². The topological polar surface area (TPSA) is 162 Å². The number of hydrogen-bond acceptors (Lipinski definition) is 9. The molecule has 0 aliphatic carbocycles. The minimum Gasteiger partial charge on any atom is -0.475 e. The Kier molecular flexibility index (Phi) is 8.62. The van der Waals surface area contributed by atoms with Crippen molar-refractivity contribution in [1.29, 1.82) is 0 Å². The summed E-state index contributed by atoms with van der Waals surface area (Å²) < 4.78 is 45.8. The SMILES string of the molecule is CCCc1cc(C(=O)Nc2ncn[nH]2)ccc1OC(C(=O)NS(=O)(=O)c1ccc(C(C)C)cc1)c1ccc2c(c1)OCO2. The molecule has 1 atom stereocenters. The van der Waals surface area contributed by atoms with Crippen LogP contribution >= 0.6 is 0 Å². The molecule has 12 nitrogen and oxygen atoms in total. The van der Waals surface area contributed by atoms with Crippen LogP contribution in [-0.4, -0.2) is 42.2 Å². The Morgan fingerprint density at radius 3 is 2.44 bits per heavy atom. The first-order valence-electron chi connectivity index (χ1n) is 13.7. The van der Waals surface area contributed by atoms with Gasteiger partial charge in [0.25, 0.3) is 21.8 Å². The number of carbonyl (C=O) groups excluding carboxylic acids is 2. The molecule has 2 amide bonds. The molecule has 0 spiro atoms. The lowest BCUT2D eigenvalue weighted by Crippen LogP contribution is -2.37. The summed E-state index contributed by atoms with van der Waals surface area (Å²) >= 11 is 0. The van der Waals surface area contributed by atoms with Crippen LogP contribution in [0.4, 0.5) is 5.95 Å². The summed E-state index contributed by atoms with van der Waals surface area (Å²) in [5.74, 6) is 0.305. The normalized spacial score (nSPS) is 13.0. The Morgan fingerprint density at radius 2 is 1.74 bits per heavy atom. The maximum Gasteiger partial charge on any atom is 0.279 e. The summed E-state index contributed by atoms with van der Waals surface area (Å²) in [6, 6.07) is 16.0. The van der Waals surface area contributed by atoms with Gasteiger partial charge in [-0.1, -0.05) is 45.4 Å². The first-order chi connectivity index (χ1) is 20.6. The van der Waals surface area contributed by atoms with Crippen molar-refractivity contribution in [2.24, 2.45) is 0 Å². The van der Waals surface area contributed by atoms with E-state index < -0.39 is 27.9 Å². The van der Waals surface area contributed by atoms with E-state index >= 15 is 0 Å². The Bertz CT molecular complexity index is 1720. The van der Waals surface area contributed by atoms with Crippen molar-refractivity contribution < 1.29 is 32.2 Å². The van der Waals surface area contributed by atoms with Crippen LogP contribution in [0.1, 0.15) is 66.3 Å². The number of aromatic nitrogens is 3. The molecule has 4 aromatic rings. The van der Waals surface area contributed by atoms with E-state index in [1.165, 1.54) is 18.5 Å². The number of carbonyl (C=O) groups is 2. The fourth-order valence-corrected chi connectivity index (χ4v) is 5.48. The van der Waals surface area contributed by atoms with Gasteiger partial charge in [0.15, 0.2) is 11.5 Å². The van der Waals surface area contributed by atoms with Gasteiger partial charge >= 0.3 is 0 Å². The molecule has 1 aliphatic heterocycles. The summed E-state index contributed by atoms with van der Waals surface area (Å²) in [5.41, 5.74) is 2.30. The van der Waals surface area contributed by atoms with Crippen molar-refractivity contribution in [2.75, 3.05) is 12.1 Å². The van der Waals surface area contributed by atoms with Crippen LogP contribution in [0.25, 0.3) is 0 Å². The summed E-state index contributed by atoms with van der Waals surface area (Å²) in [7, 11) is -4.22. The lowest BCUT2D eigenvalue weighted by molar-refractivity contribution is -0.126. The monoisotopic (exact) mass is 605 g/mol. The van der Waals surface area contributed by atoms with Crippen LogP contribution in [0.2, 0.25) is 0 Å². The largest absolute Gasteiger partial charge is 0.475 e. The van der Waals surface area contributed by atoms with Crippen molar-refractivity contribution >= 4 is 27.8 Å². The zero-order chi connectivity index (χ0) is 30.6. The zero-order valence-corrected chi connectivity index (χ0v) is 24.6. The molecule has 0 saturated heterocycles. The lowest BCUT2D eigenvalue weighted by atomic mass is 10.0. The maximum absolute atomic E-state index is 13.7. The lowest BCUT2D eigenvalue weighted by Gasteiger charge is -2.22. The van der Waals surface area contributed by atoms with E-state index in [1.54, 1.807) is 48.5 Å². The highest BCUT2D eigenvalue weighted by Crippen LogP contribution is 2.36. The van der Waals surface area contributed by atoms with Crippen LogP contribution < -0.4 is 24.2 Å². The van der Waals surface area contributed by atoms with E-state index in [4.69, 9.17) is 14.2 Å². The molecule has 2 heterocycles. The number of anilines is 1. The third kappa shape index (κ3) is 6.78. The van der Waals surface area contributed by atoms with Crippen LogP contribution in [0.3, 0.4) is 0 Å². The predicted molar refractivity (Wildman–Crippen MR) is 157 cm³/mol. The van der Waals surface area contributed by atoms with Crippen LogP contribution in [-0.2, 0) is 21.2 Å². The van der Waals surface area contributed by atoms with Crippen molar-refractivity contribution in [3.05, 3.63) is 89.2 Å². The van der Waals surface area contributed by atoms with Crippen molar-refractivity contribution in [3.8, 4) is 17.2 Å². The number of amides is 2. The quantitative estimate of drug-likeness (QED) is 0.224. The molecule has 0 radical (unpaired) electrons. The summed E-state index contributed by atoms with van der Waals surface area (Å²) in [6.07, 6.45) is 1.13. The number of H-pyrrole nitrogens is 1. The zero-order valence-electron chi connectivity index (χ0n) is 23.8. The first kappa shape index (κ1) is 29.6. The minimum absolute atomic E-state index is 0.0233. The van der Waals surface area contributed by atoms with Gasteiger partial charge in [-0.3, -0.25) is 14.9 Å². The molecule has 0 bridgehead atoms. The Hall–Kier alpha value is -4.91. The molecule has 13 heteroatoms. The van der Waals surface area contributed by atoms with E-state index in [9.17, 15) is 18.0 Å². The summed E-state index contributed by atoms with van der Waals surface area (Å²) in [5, 5.41) is 8.91. The van der Waals surface area contributed by atoms with E-state index in [0.29, 0.717) is 46.8 Å². The highest BCUT2D eigenvalue weighted by Gasteiger charge is 2.30. The molecular weight excluding hydrogens is 574 g/mol. The van der Waals surface area contributed by atoms with E-state index in [0.717, 1.165) is 5.56 Å². The molecule has 0 fully saturated rings. The van der Waals surface area contributed by atoms with Gasteiger partial charge in [-0.25, -0.2) is 18.2 Å². The summed E-state index contributed by atoms with van der Waals surface area (Å²) in [6.45, 7) is 5.99. The third-order valence-electron chi connectivity index (χ3n) is 6.76. The van der Waals surface area contributed by atoms with Crippen molar-refractivity contribution in [2.45, 2.75) is 50.5 Å². The molecule has 43 heavy (non-hydrogen) atoms. The van der Waals surface area contributed by atoms with Gasteiger partial charge in [0.05, 0.1) is 4.90 Å². The molecule has 1 aromatic heterocycles. The number of aryl methyl sites for hydroxylation is 1. The molecule has 224 valence electrons. The molecule has 1 unspecified atom stereocenters. The minimum atomic E-state index is -4.22. The van der Waals surface area contributed by atoms with Gasteiger partial charge in [-0.15, -0.1) is 0 Å².